The van der Waals surface area contributed by atoms with Crippen molar-refractivity contribution in [3.8, 4) is 0 Å². The van der Waals surface area contributed by atoms with E-state index in [0.29, 0.717) is 12.5 Å². The first-order chi connectivity index (χ1) is 9.62. The smallest absolute Gasteiger partial charge is 0.262 e. The van der Waals surface area contributed by atoms with Gasteiger partial charge in [-0.2, -0.15) is 0 Å². The number of amides is 1. The number of benzene rings is 1. The minimum Gasteiger partial charge on any atom is -0.341 e. The molecule has 1 aromatic carbocycles. The van der Waals surface area contributed by atoms with Gasteiger partial charge >= 0.3 is 0 Å². The van der Waals surface area contributed by atoms with Crippen molar-refractivity contribution in [1.82, 2.24) is 4.90 Å². The van der Waals surface area contributed by atoms with Gasteiger partial charge in [0.05, 0.1) is 20.6 Å². The van der Waals surface area contributed by atoms with Crippen molar-refractivity contribution in [3.63, 3.8) is 0 Å². The van der Waals surface area contributed by atoms with Crippen LogP contribution >= 0.6 is 45.5 Å². The summed E-state index contributed by atoms with van der Waals surface area (Å²) in [7, 11) is 2.76. The molecule has 1 amide bonds. The molecule has 0 radical (unpaired) electrons. The predicted molar refractivity (Wildman–Crippen MR) is 84.2 cm³/mol. The first-order valence-electron chi connectivity index (χ1n) is 6.00. The van der Waals surface area contributed by atoms with Crippen LogP contribution in [0.4, 0.5) is 0 Å². The summed E-state index contributed by atoms with van der Waals surface area (Å²) in [6, 6.07) is 1.03. The average molecular weight is 391 g/mol. The number of halogens is 4. The Morgan fingerprint density at radius 3 is 2.33 bits per heavy atom. The van der Waals surface area contributed by atoms with E-state index < -0.39 is 19.9 Å². The Kier molecular flexibility index (Phi) is 5.01. The Morgan fingerprint density at radius 1 is 1.29 bits per heavy atom. The third-order valence-corrected chi connectivity index (χ3v) is 5.81. The van der Waals surface area contributed by atoms with Crippen LogP contribution in [-0.2, 0) is 9.05 Å². The zero-order valence-corrected chi connectivity index (χ0v) is 14.7. The maximum Gasteiger partial charge on any atom is 0.262 e. The van der Waals surface area contributed by atoms with Crippen LogP contribution in [0.1, 0.15) is 23.2 Å². The first kappa shape index (κ1) is 17.2. The van der Waals surface area contributed by atoms with Gasteiger partial charge in [-0.25, -0.2) is 8.42 Å². The molecular formula is C12H11Cl4NO3S. The van der Waals surface area contributed by atoms with Crippen molar-refractivity contribution in [3.05, 3.63) is 26.7 Å². The summed E-state index contributed by atoms with van der Waals surface area (Å²) in [5.74, 6) is -0.0205. The van der Waals surface area contributed by atoms with Gasteiger partial charge in [-0.15, -0.1) is 0 Å². The fourth-order valence-electron chi connectivity index (χ4n) is 1.91. The van der Waals surface area contributed by atoms with Crippen LogP contribution < -0.4 is 0 Å². The molecule has 1 aliphatic carbocycles. The molecule has 2 rings (SSSR count). The molecule has 21 heavy (non-hydrogen) atoms. The molecule has 0 bridgehead atoms. The van der Waals surface area contributed by atoms with Gasteiger partial charge in [0.25, 0.3) is 15.0 Å². The second-order valence-electron chi connectivity index (χ2n) is 4.93. The molecule has 0 atom stereocenters. The van der Waals surface area contributed by atoms with Crippen molar-refractivity contribution in [2.45, 2.75) is 17.7 Å². The number of hydrogen-bond donors (Lipinski definition) is 0. The molecule has 1 fully saturated rings. The van der Waals surface area contributed by atoms with Gasteiger partial charge in [0.15, 0.2) is 0 Å². The number of rotatable bonds is 4. The van der Waals surface area contributed by atoms with Crippen LogP contribution in [0.3, 0.4) is 0 Å². The fraction of sp³-hybridized carbons (Fsp3) is 0.417. The minimum absolute atomic E-state index is 0.0848. The topological polar surface area (TPSA) is 54.5 Å². The Morgan fingerprint density at radius 2 is 1.86 bits per heavy atom. The third-order valence-electron chi connectivity index (χ3n) is 3.18. The number of carbonyl (C=O) groups is 1. The van der Waals surface area contributed by atoms with Crippen LogP contribution in [0.5, 0.6) is 0 Å². The second kappa shape index (κ2) is 6.13. The quantitative estimate of drug-likeness (QED) is 0.575. The molecule has 1 aromatic rings. The molecule has 1 saturated carbocycles. The largest absolute Gasteiger partial charge is 0.341 e. The summed E-state index contributed by atoms with van der Waals surface area (Å²) in [6.45, 7) is 0.557. The predicted octanol–water partition coefficient (Wildman–Crippen LogP) is 4.06. The van der Waals surface area contributed by atoms with E-state index in [9.17, 15) is 13.2 Å². The molecule has 0 saturated heterocycles. The van der Waals surface area contributed by atoms with E-state index in [1.54, 1.807) is 7.05 Å². The van der Waals surface area contributed by atoms with Gasteiger partial charge in [-0.1, -0.05) is 34.8 Å². The Labute approximate surface area is 142 Å². The highest BCUT2D eigenvalue weighted by molar-refractivity contribution is 8.13. The lowest BCUT2D eigenvalue weighted by atomic mass is 10.2. The zero-order chi connectivity index (χ0) is 15.9. The van der Waals surface area contributed by atoms with Gasteiger partial charge in [-0.05, 0) is 24.8 Å². The summed E-state index contributed by atoms with van der Waals surface area (Å²) >= 11 is 17.9. The summed E-state index contributed by atoms with van der Waals surface area (Å²) in [6.07, 6.45) is 2.13. The number of carbonyl (C=O) groups excluding carboxylic acids is 1. The monoisotopic (exact) mass is 389 g/mol. The molecule has 4 nitrogen and oxygen atoms in total. The summed E-state index contributed by atoms with van der Waals surface area (Å²) < 4.78 is 23.0. The molecule has 0 unspecified atom stereocenters. The Hall–Kier alpha value is -0.200. The highest BCUT2D eigenvalue weighted by Gasteiger charge is 2.30. The fourth-order valence-corrected chi connectivity index (χ4v) is 4.05. The Bertz CT molecular complexity index is 701. The van der Waals surface area contributed by atoms with E-state index >= 15 is 0 Å². The molecule has 116 valence electrons. The van der Waals surface area contributed by atoms with Crippen molar-refractivity contribution in [2.24, 2.45) is 5.92 Å². The Balaban J connectivity index is 2.51. The van der Waals surface area contributed by atoms with Crippen LogP contribution in [0, 0.1) is 5.92 Å². The molecule has 9 heteroatoms. The molecule has 0 spiro atoms. The highest BCUT2D eigenvalue weighted by Crippen LogP contribution is 2.39. The van der Waals surface area contributed by atoms with Gasteiger partial charge < -0.3 is 4.90 Å². The second-order valence-corrected chi connectivity index (χ2v) is 8.62. The number of nitrogens with zero attached hydrogens (tertiary/aromatic N) is 1. The minimum atomic E-state index is -4.14. The van der Waals surface area contributed by atoms with E-state index in [2.05, 4.69) is 0 Å². The summed E-state index contributed by atoms with van der Waals surface area (Å²) in [4.78, 5) is 13.5. The summed E-state index contributed by atoms with van der Waals surface area (Å²) in [5.41, 5.74) is -0.145. The van der Waals surface area contributed by atoms with E-state index in [4.69, 9.17) is 45.5 Å². The van der Waals surface area contributed by atoms with Crippen molar-refractivity contribution >= 4 is 60.4 Å². The maximum atomic E-state index is 12.4. The van der Waals surface area contributed by atoms with Crippen LogP contribution in [0.15, 0.2) is 11.0 Å². The van der Waals surface area contributed by atoms with Crippen LogP contribution in [0.25, 0.3) is 0 Å². The van der Waals surface area contributed by atoms with Crippen LogP contribution in [0.2, 0.25) is 15.1 Å². The summed E-state index contributed by atoms with van der Waals surface area (Å²) in [5, 5.41) is -0.492. The van der Waals surface area contributed by atoms with Crippen molar-refractivity contribution in [2.75, 3.05) is 13.6 Å². The third kappa shape index (κ3) is 3.77. The molecule has 0 heterocycles. The normalized spacial score (nSPS) is 15.1. The highest BCUT2D eigenvalue weighted by atomic mass is 35.7. The SMILES string of the molecule is CN(CC1CC1)C(=O)c1c(Cl)c(Cl)cc(S(=O)(=O)Cl)c1Cl. The standard InChI is InChI=1S/C12H11Cl4NO3S/c1-17(5-6-2-3-6)12(18)9-10(14)7(13)4-8(11(9)15)21(16,19)20/h4,6H,2-3,5H2,1H3. The first-order valence-corrected chi connectivity index (χ1v) is 9.45. The van der Waals surface area contributed by atoms with Crippen molar-refractivity contribution < 1.29 is 13.2 Å². The lowest BCUT2D eigenvalue weighted by Crippen LogP contribution is -2.29. The average Bonchev–Trinajstić information content (AvgIpc) is 3.16. The van der Waals surface area contributed by atoms with Gasteiger partial charge in [-0.3, -0.25) is 4.79 Å². The van der Waals surface area contributed by atoms with E-state index in [-0.39, 0.29) is 20.6 Å². The van der Waals surface area contributed by atoms with E-state index in [0.717, 1.165) is 18.9 Å². The number of hydrogen-bond acceptors (Lipinski definition) is 3. The van der Waals surface area contributed by atoms with Gasteiger partial charge in [0.1, 0.15) is 4.90 Å². The lowest BCUT2D eigenvalue weighted by Gasteiger charge is -2.19. The van der Waals surface area contributed by atoms with Crippen molar-refractivity contribution in [1.29, 1.82) is 0 Å². The van der Waals surface area contributed by atoms with E-state index in [1.165, 1.54) is 4.90 Å². The maximum absolute atomic E-state index is 12.4. The molecule has 0 aromatic heterocycles. The zero-order valence-electron chi connectivity index (χ0n) is 10.9. The van der Waals surface area contributed by atoms with Gasteiger partial charge in [0.2, 0.25) is 0 Å². The molecule has 0 aliphatic heterocycles. The van der Waals surface area contributed by atoms with Gasteiger partial charge in [0, 0.05) is 24.3 Å². The lowest BCUT2D eigenvalue weighted by molar-refractivity contribution is 0.0789. The molecular weight excluding hydrogens is 380 g/mol. The van der Waals surface area contributed by atoms with E-state index in [1.807, 2.05) is 0 Å². The molecule has 1 aliphatic rings. The van der Waals surface area contributed by atoms with Crippen LogP contribution in [-0.4, -0.2) is 32.8 Å². The molecule has 0 N–H and O–H groups in total.